The van der Waals surface area contributed by atoms with Crippen LogP contribution in [0.4, 0.5) is 4.79 Å². The van der Waals surface area contributed by atoms with Crippen LogP contribution in [0.3, 0.4) is 0 Å². The molecule has 0 aromatic carbocycles. The summed E-state index contributed by atoms with van der Waals surface area (Å²) in [5.74, 6) is 0.841. The lowest BCUT2D eigenvalue weighted by molar-refractivity contribution is 0.268. The van der Waals surface area contributed by atoms with Gasteiger partial charge in [0.15, 0.2) is 0 Å². The van der Waals surface area contributed by atoms with Gasteiger partial charge in [-0.3, -0.25) is 4.79 Å². The molecule has 1 rings (SSSR count). The molecule has 0 radical (unpaired) electrons. The number of amides is 1. The molecule has 0 bridgehead atoms. The average molecular weight is 213 g/mol. The summed E-state index contributed by atoms with van der Waals surface area (Å²) in [6.45, 7) is 2.23. The van der Waals surface area contributed by atoms with Crippen molar-refractivity contribution >= 4 is 22.7 Å². The lowest BCUT2D eigenvalue weighted by Gasteiger charge is -1.99. The van der Waals surface area contributed by atoms with Gasteiger partial charge in [0.1, 0.15) is 0 Å². The Balaban J connectivity index is 1.94. The number of unbranched alkanes of at least 4 members (excludes halogenated alkanes) is 5. The lowest BCUT2D eigenvalue weighted by Crippen LogP contribution is -1.96. The molecule has 0 aromatic heterocycles. The number of thioether (sulfide) groups is 1. The van der Waals surface area contributed by atoms with Gasteiger partial charge >= 0.3 is 5.24 Å². The Labute approximate surface area is 90.6 Å². The highest BCUT2D eigenvalue weighted by atomic mass is 32.2. The molecule has 1 heterocycles. The van der Waals surface area contributed by atoms with E-state index in [0.29, 0.717) is 0 Å². The number of rotatable bonds is 7. The number of nitrogens with zero attached hydrogens (tertiary/aromatic N) is 1. The predicted molar refractivity (Wildman–Crippen MR) is 63.3 cm³/mol. The highest BCUT2D eigenvalue weighted by Gasteiger charge is 2.13. The van der Waals surface area contributed by atoms with E-state index in [4.69, 9.17) is 0 Å². The molecule has 1 aliphatic heterocycles. The van der Waals surface area contributed by atoms with Crippen molar-refractivity contribution in [3.63, 3.8) is 0 Å². The van der Waals surface area contributed by atoms with Crippen LogP contribution >= 0.6 is 11.8 Å². The number of carbonyl (C=O) groups excluding carboxylic acids is 1. The minimum Gasteiger partial charge on any atom is -0.259 e. The van der Waals surface area contributed by atoms with Crippen molar-refractivity contribution in [2.45, 2.75) is 51.9 Å². The van der Waals surface area contributed by atoms with Crippen LogP contribution < -0.4 is 0 Å². The van der Waals surface area contributed by atoms with Crippen molar-refractivity contribution < 1.29 is 4.79 Å². The molecule has 14 heavy (non-hydrogen) atoms. The summed E-state index contributed by atoms with van der Waals surface area (Å²) in [7, 11) is 0. The Morgan fingerprint density at radius 2 is 1.93 bits per heavy atom. The predicted octanol–water partition coefficient (Wildman–Crippen LogP) is 4.04. The lowest BCUT2D eigenvalue weighted by atomic mass is 10.1. The smallest absolute Gasteiger partial charge is 0.259 e. The largest absolute Gasteiger partial charge is 0.305 e. The van der Waals surface area contributed by atoms with Crippen molar-refractivity contribution in [2.24, 2.45) is 4.99 Å². The van der Waals surface area contributed by atoms with Crippen molar-refractivity contribution in [3.05, 3.63) is 0 Å². The maximum atomic E-state index is 10.8. The molecule has 0 N–H and O–H groups in total. The zero-order valence-electron chi connectivity index (χ0n) is 8.92. The quantitative estimate of drug-likeness (QED) is 0.597. The number of hydrogen-bond donors (Lipinski definition) is 0. The Bertz CT molecular complexity index is 213. The molecular formula is C11H19NOS. The highest BCUT2D eigenvalue weighted by Crippen LogP contribution is 2.17. The van der Waals surface area contributed by atoms with Crippen LogP contribution in [0, 0.1) is 0 Å². The van der Waals surface area contributed by atoms with Gasteiger partial charge in [-0.1, -0.05) is 50.8 Å². The van der Waals surface area contributed by atoms with E-state index in [1.165, 1.54) is 50.3 Å². The second kappa shape index (κ2) is 7.04. The molecule has 0 spiro atoms. The standard InChI is InChI=1S/C11H19NOS/c1-2-3-4-5-6-7-8-10-9-14-11(13)12-10/h2-9H2,1H3. The third kappa shape index (κ3) is 4.80. The van der Waals surface area contributed by atoms with Gasteiger partial charge < -0.3 is 0 Å². The van der Waals surface area contributed by atoms with Crippen LogP contribution in [0.25, 0.3) is 0 Å². The molecule has 0 fully saturated rings. The fourth-order valence-corrected chi connectivity index (χ4v) is 2.27. The van der Waals surface area contributed by atoms with Crippen molar-refractivity contribution in [3.8, 4) is 0 Å². The zero-order valence-corrected chi connectivity index (χ0v) is 9.74. The summed E-state index contributed by atoms with van der Waals surface area (Å²) in [4.78, 5) is 14.8. The van der Waals surface area contributed by atoms with Crippen LogP contribution in [0.2, 0.25) is 0 Å². The van der Waals surface area contributed by atoms with Crippen molar-refractivity contribution in [1.29, 1.82) is 0 Å². The molecular weight excluding hydrogens is 194 g/mol. The third-order valence-electron chi connectivity index (χ3n) is 2.43. The molecule has 2 nitrogen and oxygen atoms in total. The molecule has 1 aliphatic rings. The van der Waals surface area contributed by atoms with Crippen molar-refractivity contribution in [2.75, 3.05) is 5.75 Å². The van der Waals surface area contributed by atoms with Gasteiger partial charge in [0.05, 0.1) is 0 Å². The molecule has 0 saturated heterocycles. The maximum Gasteiger partial charge on any atom is 0.305 e. The summed E-state index contributed by atoms with van der Waals surface area (Å²) in [6.07, 6.45) is 8.88. The Morgan fingerprint density at radius 1 is 1.21 bits per heavy atom. The first-order chi connectivity index (χ1) is 6.83. The van der Waals surface area contributed by atoms with Crippen LogP contribution in [0.1, 0.15) is 51.9 Å². The minimum atomic E-state index is 0.00554. The van der Waals surface area contributed by atoms with Crippen LogP contribution in [0.15, 0.2) is 4.99 Å². The summed E-state index contributed by atoms with van der Waals surface area (Å²) in [6, 6.07) is 0. The Hall–Kier alpha value is -0.310. The molecule has 80 valence electrons. The molecule has 0 aromatic rings. The highest BCUT2D eigenvalue weighted by molar-refractivity contribution is 8.14. The van der Waals surface area contributed by atoms with Gasteiger partial charge in [0.2, 0.25) is 0 Å². The van der Waals surface area contributed by atoms with E-state index in [1.807, 2.05) is 0 Å². The Morgan fingerprint density at radius 3 is 2.57 bits per heavy atom. The summed E-state index contributed by atoms with van der Waals surface area (Å²) in [5.41, 5.74) is 1.11. The van der Waals surface area contributed by atoms with E-state index in [2.05, 4.69) is 11.9 Å². The molecule has 1 amide bonds. The minimum absolute atomic E-state index is 0.00554. The molecule has 0 unspecified atom stereocenters. The maximum absolute atomic E-state index is 10.8. The number of hydrogen-bond acceptors (Lipinski definition) is 2. The topological polar surface area (TPSA) is 29.4 Å². The van der Waals surface area contributed by atoms with Crippen LogP contribution in [-0.2, 0) is 0 Å². The average Bonchev–Trinajstić information content (AvgIpc) is 2.58. The molecule has 3 heteroatoms. The van der Waals surface area contributed by atoms with Crippen LogP contribution in [-0.4, -0.2) is 16.7 Å². The van der Waals surface area contributed by atoms with Gasteiger partial charge in [-0.2, -0.15) is 0 Å². The second-order valence-corrected chi connectivity index (χ2v) is 4.68. The first-order valence-electron chi connectivity index (χ1n) is 5.56. The fourth-order valence-electron chi connectivity index (χ4n) is 1.58. The number of carbonyl (C=O) groups is 1. The van der Waals surface area contributed by atoms with E-state index in [1.54, 1.807) is 0 Å². The number of aliphatic imine (C=N–C) groups is 1. The zero-order chi connectivity index (χ0) is 10.2. The van der Waals surface area contributed by atoms with Crippen LogP contribution in [0.5, 0.6) is 0 Å². The van der Waals surface area contributed by atoms with Gasteiger partial charge in [0.25, 0.3) is 0 Å². The normalized spacial score (nSPS) is 16.1. The fraction of sp³-hybridized carbons (Fsp3) is 0.818. The van der Waals surface area contributed by atoms with E-state index in [9.17, 15) is 4.79 Å². The first kappa shape index (κ1) is 11.8. The molecule has 0 atom stereocenters. The molecule has 0 aliphatic carbocycles. The van der Waals surface area contributed by atoms with E-state index in [0.717, 1.165) is 17.9 Å². The third-order valence-corrected chi connectivity index (χ3v) is 3.25. The second-order valence-electron chi connectivity index (χ2n) is 3.75. The summed E-state index contributed by atoms with van der Waals surface area (Å²) < 4.78 is 0. The van der Waals surface area contributed by atoms with Gasteiger partial charge in [-0.25, -0.2) is 4.99 Å². The van der Waals surface area contributed by atoms with E-state index < -0.39 is 0 Å². The SMILES string of the molecule is CCCCCCCCC1=NC(=O)SC1. The van der Waals surface area contributed by atoms with E-state index in [-0.39, 0.29) is 5.24 Å². The van der Waals surface area contributed by atoms with E-state index >= 15 is 0 Å². The van der Waals surface area contributed by atoms with Gasteiger partial charge in [0, 0.05) is 11.5 Å². The summed E-state index contributed by atoms with van der Waals surface area (Å²) in [5, 5.41) is 0.00554. The monoisotopic (exact) mass is 213 g/mol. The Kier molecular flexibility index (Phi) is 5.92. The summed E-state index contributed by atoms with van der Waals surface area (Å²) >= 11 is 1.33. The molecule has 0 saturated carbocycles. The van der Waals surface area contributed by atoms with Gasteiger partial charge in [-0.15, -0.1) is 0 Å². The van der Waals surface area contributed by atoms with Gasteiger partial charge in [-0.05, 0) is 12.8 Å². The van der Waals surface area contributed by atoms with Crippen molar-refractivity contribution in [1.82, 2.24) is 0 Å². The first-order valence-corrected chi connectivity index (χ1v) is 6.54.